The van der Waals surface area contributed by atoms with E-state index < -0.39 is 112 Å². The van der Waals surface area contributed by atoms with Crippen LogP contribution in [0.2, 0.25) is 0 Å². The fourth-order valence-electron chi connectivity index (χ4n) is 3.97. The Kier molecular flexibility index (Phi) is 9.54. The van der Waals surface area contributed by atoms with E-state index in [2.05, 4.69) is 0 Å². The summed E-state index contributed by atoms with van der Waals surface area (Å²) in [5, 5.41) is 109. The van der Waals surface area contributed by atoms with E-state index in [9.17, 15) is 56.2 Å². The molecule has 0 aromatic rings. The largest absolute Gasteiger partial charge is 0.394 e. The average molecular weight is 504 g/mol. The first-order chi connectivity index (χ1) is 16.0. The van der Waals surface area contributed by atoms with Crippen molar-refractivity contribution < 1.29 is 79.9 Å². The summed E-state index contributed by atoms with van der Waals surface area (Å²) in [5.41, 5.74) is 0. The summed E-state index contributed by atoms with van der Waals surface area (Å²) in [7, 11) is 0. The standard InChI is InChI=1S/C18H32O16/c19-1-4-7(22)10(25)12(27)16(30-4)33-15-9(24)6(3-21)32-18(14(15)29)34-17-13(28)11(26)8(23)5(2-20)31-17/h4-29H,1-3H2/t4-,5-,6-,7-,8-,9-,10-,11+,12-,13-,14-,15+,16-,17-,18-/m1/s1. The van der Waals surface area contributed by atoms with Crippen LogP contribution in [0.3, 0.4) is 0 Å². The molecule has 0 aliphatic carbocycles. The van der Waals surface area contributed by atoms with Crippen LogP contribution in [-0.2, 0) is 23.7 Å². The summed E-state index contributed by atoms with van der Waals surface area (Å²) in [5.74, 6) is 0. The summed E-state index contributed by atoms with van der Waals surface area (Å²) >= 11 is 0. The van der Waals surface area contributed by atoms with Gasteiger partial charge in [-0.15, -0.1) is 0 Å². The fourth-order valence-corrected chi connectivity index (χ4v) is 3.97. The number of aliphatic hydroxyl groups is 11. The molecular formula is C18H32O16. The maximum absolute atomic E-state index is 10.7. The highest BCUT2D eigenvalue weighted by atomic mass is 16.8. The SMILES string of the molecule is OC[C@H]1O[C@H](O[C@H]2O[C@H](CO)[C@@H](O)[C@H](O[C@H]3O[C@H](CO)[C@@H](O)[C@@H](O)[C@H]3O)[C@H]2O)[C@H](O)[C@@H](O)[C@@H]1O. The lowest BCUT2D eigenvalue weighted by Crippen LogP contribution is -2.66. The molecule has 34 heavy (non-hydrogen) atoms. The van der Waals surface area contributed by atoms with Gasteiger partial charge in [0.1, 0.15) is 73.2 Å². The van der Waals surface area contributed by atoms with Crippen molar-refractivity contribution in [2.75, 3.05) is 19.8 Å². The van der Waals surface area contributed by atoms with Gasteiger partial charge in [-0.05, 0) is 0 Å². The van der Waals surface area contributed by atoms with Crippen molar-refractivity contribution in [2.45, 2.75) is 92.1 Å². The first-order valence-corrected chi connectivity index (χ1v) is 10.6. The molecule has 3 aliphatic heterocycles. The molecule has 16 nitrogen and oxygen atoms in total. The van der Waals surface area contributed by atoms with Gasteiger partial charge in [0.2, 0.25) is 0 Å². The fraction of sp³-hybridized carbons (Fsp3) is 1.00. The highest BCUT2D eigenvalue weighted by Crippen LogP contribution is 2.31. The Balaban J connectivity index is 1.76. The van der Waals surface area contributed by atoms with E-state index >= 15 is 0 Å². The van der Waals surface area contributed by atoms with E-state index in [1.165, 1.54) is 0 Å². The molecule has 0 unspecified atom stereocenters. The minimum Gasteiger partial charge on any atom is -0.394 e. The van der Waals surface area contributed by atoms with Gasteiger partial charge in [0.05, 0.1) is 19.8 Å². The third kappa shape index (κ3) is 5.37. The van der Waals surface area contributed by atoms with Crippen LogP contribution < -0.4 is 0 Å². The van der Waals surface area contributed by atoms with Crippen molar-refractivity contribution in [3.8, 4) is 0 Å². The van der Waals surface area contributed by atoms with E-state index in [4.69, 9.17) is 23.7 Å². The molecule has 3 fully saturated rings. The van der Waals surface area contributed by atoms with E-state index in [1.807, 2.05) is 0 Å². The van der Waals surface area contributed by atoms with Crippen LogP contribution in [0.5, 0.6) is 0 Å². The van der Waals surface area contributed by atoms with E-state index in [0.717, 1.165) is 0 Å². The molecule has 0 aromatic heterocycles. The molecular weight excluding hydrogens is 472 g/mol. The molecule has 16 heteroatoms. The van der Waals surface area contributed by atoms with Gasteiger partial charge < -0.3 is 79.9 Å². The Morgan fingerprint density at radius 2 is 0.765 bits per heavy atom. The van der Waals surface area contributed by atoms with Gasteiger partial charge in [-0.1, -0.05) is 0 Å². The van der Waals surface area contributed by atoms with Crippen LogP contribution in [0.25, 0.3) is 0 Å². The first kappa shape index (κ1) is 27.9. The Labute approximate surface area is 192 Å². The summed E-state index contributed by atoms with van der Waals surface area (Å²) in [6, 6.07) is 0. The zero-order chi connectivity index (χ0) is 25.3. The Morgan fingerprint density at radius 1 is 0.412 bits per heavy atom. The Bertz CT molecular complexity index is 637. The van der Waals surface area contributed by atoms with Crippen LogP contribution in [0.1, 0.15) is 0 Å². The zero-order valence-corrected chi connectivity index (χ0v) is 17.7. The molecule has 0 spiro atoms. The second-order valence-electron chi connectivity index (χ2n) is 8.34. The molecule has 0 amide bonds. The lowest BCUT2D eigenvalue weighted by molar-refractivity contribution is -0.393. The van der Waals surface area contributed by atoms with Crippen LogP contribution in [0.15, 0.2) is 0 Å². The molecule has 3 saturated heterocycles. The maximum atomic E-state index is 10.7. The molecule has 200 valence electrons. The highest BCUT2D eigenvalue weighted by molar-refractivity contribution is 4.95. The quantitative estimate of drug-likeness (QED) is 0.154. The Morgan fingerprint density at radius 3 is 1.18 bits per heavy atom. The van der Waals surface area contributed by atoms with Gasteiger partial charge in [-0.25, -0.2) is 0 Å². The molecule has 0 radical (unpaired) electrons. The number of ether oxygens (including phenoxy) is 5. The zero-order valence-electron chi connectivity index (χ0n) is 17.7. The smallest absolute Gasteiger partial charge is 0.189 e. The second-order valence-corrected chi connectivity index (χ2v) is 8.34. The number of rotatable bonds is 7. The average Bonchev–Trinajstić information content (AvgIpc) is 2.83. The minimum absolute atomic E-state index is 0.750. The summed E-state index contributed by atoms with van der Waals surface area (Å²) < 4.78 is 26.5. The Hall–Kier alpha value is -0.640. The third-order valence-electron chi connectivity index (χ3n) is 6.08. The molecule has 0 saturated carbocycles. The van der Waals surface area contributed by atoms with Crippen molar-refractivity contribution >= 4 is 0 Å². The monoisotopic (exact) mass is 504 g/mol. The van der Waals surface area contributed by atoms with Crippen LogP contribution in [-0.4, -0.2) is 168 Å². The van der Waals surface area contributed by atoms with Crippen molar-refractivity contribution in [3.63, 3.8) is 0 Å². The lowest BCUT2D eigenvalue weighted by Gasteiger charge is -2.47. The van der Waals surface area contributed by atoms with Crippen molar-refractivity contribution in [1.29, 1.82) is 0 Å². The van der Waals surface area contributed by atoms with Gasteiger partial charge >= 0.3 is 0 Å². The van der Waals surface area contributed by atoms with Crippen molar-refractivity contribution in [1.82, 2.24) is 0 Å². The van der Waals surface area contributed by atoms with E-state index in [-0.39, 0.29) is 0 Å². The molecule has 3 aliphatic rings. The first-order valence-electron chi connectivity index (χ1n) is 10.6. The van der Waals surface area contributed by atoms with E-state index in [1.54, 1.807) is 0 Å². The maximum Gasteiger partial charge on any atom is 0.189 e. The van der Waals surface area contributed by atoms with Crippen molar-refractivity contribution in [3.05, 3.63) is 0 Å². The number of aliphatic hydroxyl groups excluding tert-OH is 11. The lowest BCUT2D eigenvalue weighted by atomic mass is 9.96. The van der Waals surface area contributed by atoms with Gasteiger partial charge in [0.15, 0.2) is 18.9 Å². The molecule has 15 atom stereocenters. The minimum atomic E-state index is -1.91. The van der Waals surface area contributed by atoms with Gasteiger partial charge in [-0.3, -0.25) is 0 Å². The summed E-state index contributed by atoms with van der Waals surface area (Å²) in [6.07, 6.45) is -25.4. The third-order valence-corrected chi connectivity index (χ3v) is 6.08. The van der Waals surface area contributed by atoms with Gasteiger partial charge in [0.25, 0.3) is 0 Å². The summed E-state index contributed by atoms with van der Waals surface area (Å²) in [6.45, 7) is -2.32. The molecule has 3 heterocycles. The van der Waals surface area contributed by atoms with E-state index in [0.29, 0.717) is 0 Å². The summed E-state index contributed by atoms with van der Waals surface area (Å²) in [4.78, 5) is 0. The topological polar surface area (TPSA) is 269 Å². The second kappa shape index (κ2) is 11.6. The predicted octanol–water partition coefficient (Wildman–Crippen LogP) is -7.57. The molecule has 3 rings (SSSR count). The van der Waals surface area contributed by atoms with Crippen LogP contribution in [0, 0.1) is 0 Å². The molecule has 0 aromatic carbocycles. The van der Waals surface area contributed by atoms with Crippen LogP contribution in [0.4, 0.5) is 0 Å². The van der Waals surface area contributed by atoms with Crippen LogP contribution >= 0.6 is 0 Å². The molecule has 0 bridgehead atoms. The van der Waals surface area contributed by atoms with Gasteiger partial charge in [0, 0.05) is 0 Å². The van der Waals surface area contributed by atoms with Crippen molar-refractivity contribution in [2.24, 2.45) is 0 Å². The number of hydrogen-bond donors (Lipinski definition) is 11. The molecule has 11 N–H and O–H groups in total. The highest BCUT2D eigenvalue weighted by Gasteiger charge is 2.53. The number of hydrogen-bond acceptors (Lipinski definition) is 16. The van der Waals surface area contributed by atoms with Gasteiger partial charge in [-0.2, -0.15) is 0 Å². The normalized spacial score (nSPS) is 52.5. The predicted molar refractivity (Wildman–Crippen MR) is 101 cm³/mol.